The van der Waals surface area contributed by atoms with Gasteiger partial charge in [0.05, 0.1) is 11.8 Å². The number of thiazole rings is 1. The van der Waals surface area contributed by atoms with Crippen LogP contribution in [-0.2, 0) is 6.42 Å². The molecule has 0 spiro atoms. The standard InChI is InChI=1S/C16H20N2OS/c1-3-18(12-7-4-6-11(2)10-12)16-17-15-13(19)8-5-9-14(15)20-16/h4,6-7,10,13,19H,3,5,8-9H2,1-2H3. The Labute approximate surface area is 123 Å². The third-order valence-electron chi connectivity index (χ3n) is 3.77. The molecular formula is C16H20N2OS. The third-order valence-corrected chi connectivity index (χ3v) is 4.93. The average Bonchev–Trinajstić information content (AvgIpc) is 2.85. The van der Waals surface area contributed by atoms with E-state index in [4.69, 9.17) is 4.98 Å². The normalized spacial score (nSPS) is 17.9. The molecule has 1 aliphatic carbocycles. The first-order valence-electron chi connectivity index (χ1n) is 7.21. The Hall–Kier alpha value is -1.39. The van der Waals surface area contributed by atoms with Gasteiger partial charge in [-0.25, -0.2) is 4.98 Å². The predicted octanol–water partition coefficient (Wildman–Crippen LogP) is 3.98. The molecule has 3 nitrogen and oxygen atoms in total. The Bertz CT molecular complexity index is 608. The number of aryl methyl sites for hydroxylation is 2. The minimum absolute atomic E-state index is 0.375. The molecule has 106 valence electrons. The maximum atomic E-state index is 10.1. The van der Waals surface area contributed by atoms with Crippen molar-refractivity contribution >= 4 is 22.2 Å². The summed E-state index contributed by atoms with van der Waals surface area (Å²) in [5, 5.41) is 11.1. The zero-order chi connectivity index (χ0) is 14.1. The maximum Gasteiger partial charge on any atom is 0.190 e. The van der Waals surface area contributed by atoms with E-state index in [-0.39, 0.29) is 6.10 Å². The monoisotopic (exact) mass is 288 g/mol. The summed E-state index contributed by atoms with van der Waals surface area (Å²) in [5.74, 6) is 0. The van der Waals surface area contributed by atoms with E-state index >= 15 is 0 Å². The number of aliphatic hydroxyl groups excluding tert-OH is 1. The molecule has 1 aliphatic rings. The second-order valence-electron chi connectivity index (χ2n) is 5.30. The lowest BCUT2D eigenvalue weighted by Gasteiger charge is -2.20. The van der Waals surface area contributed by atoms with Crippen LogP contribution >= 0.6 is 11.3 Å². The summed E-state index contributed by atoms with van der Waals surface area (Å²) in [7, 11) is 0. The smallest absolute Gasteiger partial charge is 0.190 e. The van der Waals surface area contributed by atoms with E-state index in [1.54, 1.807) is 11.3 Å². The van der Waals surface area contributed by atoms with E-state index in [0.717, 1.165) is 36.6 Å². The first-order chi connectivity index (χ1) is 9.69. The van der Waals surface area contributed by atoms with Gasteiger partial charge in [0.25, 0.3) is 0 Å². The van der Waals surface area contributed by atoms with Gasteiger partial charge in [-0.3, -0.25) is 0 Å². The highest BCUT2D eigenvalue weighted by atomic mass is 32.1. The van der Waals surface area contributed by atoms with Crippen LogP contribution in [0.2, 0.25) is 0 Å². The maximum absolute atomic E-state index is 10.1. The lowest BCUT2D eigenvalue weighted by Crippen LogP contribution is -2.16. The Morgan fingerprint density at radius 3 is 3.00 bits per heavy atom. The quantitative estimate of drug-likeness (QED) is 0.928. The van der Waals surface area contributed by atoms with E-state index in [2.05, 4.69) is 43.0 Å². The van der Waals surface area contributed by atoms with Crippen molar-refractivity contribution in [1.29, 1.82) is 0 Å². The molecule has 4 heteroatoms. The van der Waals surface area contributed by atoms with Gasteiger partial charge in [-0.2, -0.15) is 0 Å². The summed E-state index contributed by atoms with van der Waals surface area (Å²) in [6, 6.07) is 8.48. The average molecular weight is 288 g/mol. The van der Waals surface area contributed by atoms with Crippen molar-refractivity contribution in [1.82, 2.24) is 4.98 Å². The molecule has 1 unspecified atom stereocenters. The molecule has 3 rings (SSSR count). The van der Waals surface area contributed by atoms with Crippen molar-refractivity contribution in [3.63, 3.8) is 0 Å². The number of hydrogen-bond donors (Lipinski definition) is 1. The van der Waals surface area contributed by atoms with Crippen LogP contribution in [0, 0.1) is 6.92 Å². The topological polar surface area (TPSA) is 36.4 Å². The molecule has 1 atom stereocenters. The van der Waals surface area contributed by atoms with E-state index < -0.39 is 0 Å². The molecule has 1 heterocycles. The van der Waals surface area contributed by atoms with Gasteiger partial charge in [0, 0.05) is 17.1 Å². The second kappa shape index (κ2) is 5.54. The molecule has 0 bridgehead atoms. The molecule has 0 amide bonds. The highest BCUT2D eigenvalue weighted by Crippen LogP contribution is 2.38. The number of aromatic nitrogens is 1. The molecule has 0 saturated heterocycles. The fraction of sp³-hybridized carbons (Fsp3) is 0.438. The van der Waals surface area contributed by atoms with Crippen LogP contribution in [0.25, 0.3) is 0 Å². The third kappa shape index (κ3) is 2.45. The van der Waals surface area contributed by atoms with Crippen LogP contribution in [0.15, 0.2) is 24.3 Å². The predicted molar refractivity (Wildman–Crippen MR) is 83.9 cm³/mol. The van der Waals surface area contributed by atoms with Crippen LogP contribution < -0.4 is 4.90 Å². The van der Waals surface area contributed by atoms with Crippen LogP contribution in [0.1, 0.15) is 42.0 Å². The number of benzene rings is 1. The lowest BCUT2D eigenvalue weighted by atomic mass is 10.0. The molecule has 0 radical (unpaired) electrons. The fourth-order valence-electron chi connectivity index (χ4n) is 2.72. The van der Waals surface area contributed by atoms with E-state index in [1.165, 1.54) is 16.1 Å². The van der Waals surface area contributed by atoms with E-state index in [9.17, 15) is 5.11 Å². The van der Waals surface area contributed by atoms with Crippen LogP contribution in [-0.4, -0.2) is 16.6 Å². The highest BCUT2D eigenvalue weighted by molar-refractivity contribution is 7.15. The fourth-order valence-corrected chi connectivity index (χ4v) is 3.96. The van der Waals surface area contributed by atoms with Gasteiger partial charge in [-0.15, -0.1) is 11.3 Å². The van der Waals surface area contributed by atoms with E-state index in [1.807, 2.05) is 0 Å². The Kier molecular flexibility index (Phi) is 3.76. The van der Waals surface area contributed by atoms with Gasteiger partial charge in [0.2, 0.25) is 0 Å². The summed E-state index contributed by atoms with van der Waals surface area (Å²) in [5.41, 5.74) is 3.33. The molecule has 0 aliphatic heterocycles. The molecule has 2 aromatic rings. The minimum atomic E-state index is -0.375. The van der Waals surface area contributed by atoms with Gasteiger partial charge < -0.3 is 10.0 Å². The van der Waals surface area contributed by atoms with Crippen molar-refractivity contribution in [2.45, 2.75) is 39.2 Å². The molecule has 20 heavy (non-hydrogen) atoms. The summed E-state index contributed by atoms with van der Waals surface area (Å²) in [6.07, 6.45) is 2.58. The number of anilines is 2. The van der Waals surface area contributed by atoms with Gasteiger partial charge in [0.1, 0.15) is 0 Å². The number of hydrogen-bond acceptors (Lipinski definition) is 4. The highest BCUT2D eigenvalue weighted by Gasteiger charge is 2.24. The summed E-state index contributed by atoms with van der Waals surface area (Å²) < 4.78 is 0. The summed E-state index contributed by atoms with van der Waals surface area (Å²) in [4.78, 5) is 8.18. The molecule has 1 aromatic heterocycles. The summed E-state index contributed by atoms with van der Waals surface area (Å²) in [6.45, 7) is 5.12. The van der Waals surface area contributed by atoms with Crippen LogP contribution in [0.4, 0.5) is 10.8 Å². The Balaban J connectivity index is 1.98. The Morgan fingerprint density at radius 2 is 2.30 bits per heavy atom. The molecule has 0 saturated carbocycles. The molecule has 1 aromatic carbocycles. The first-order valence-corrected chi connectivity index (χ1v) is 8.02. The molecular weight excluding hydrogens is 268 g/mol. The number of aliphatic hydroxyl groups is 1. The molecule has 0 fully saturated rings. The van der Waals surface area contributed by atoms with Crippen molar-refractivity contribution < 1.29 is 5.11 Å². The van der Waals surface area contributed by atoms with Crippen molar-refractivity contribution in [2.75, 3.05) is 11.4 Å². The first kappa shape index (κ1) is 13.6. The van der Waals surface area contributed by atoms with Crippen molar-refractivity contribution in [2.24, 2.45) is 0 Å². The summed E-state index contributed by atoms with van der Waals surface area (Å²) >= 11 is 1.73. The largest absolute Gasteiger partial charge is 0.387 e. The second-order valence-corrected chi connectivity index (χ2v) is 6.36. The van der Waals surface area contributed by atoms with E-state index in [0.29, 0.717) is 0 Å². The van der Waals surface area contributed by atoms with Gasteiger partial charge in [-0.05, 0) is 50.8 Å². The van der Waals surface area contributed by atoms with Crippen molar-refractivity contribution in [3.8, 4) is 0 Å². The van der Waals surface area contributed by atoms with Crippen LogP contribution in [0.3, 0.4) is 0 Å². The molecule has 1 N–H and O–H groups in total. The van der Waals surface area contributed by atoms with Crippen molar-refractivity contribution in [3.05, 3.63) is 40.4 Å². The number of rotatable bonds is 3. The number of fused-ring (bicyclic) bond motifs is 1. The Morgan fingerprint density at radius 1 is 1.45 bits per heavy atom. The number of nitrogens with zero attached hydrogens (tertiary/aromatic N) is 2. The zero-order valence-corrected chi connectivity index (χ0v) is 12.8. The van der Waals surface area contributed by atoms with Gasteiger partial charge >= 0.3 is 0 Å². The van der Waals surface area contributed by atoms with Gasteiger partial charge in [0.15, 0.2) is 5.13 Å². The lowest BCUT2D eigenvalue weighted by molar-refractivity contribution is 0.153. The zero-order valence-electron chi connectivity index (χ0n) is 12.0. The SMILES string of the molecule is CCN(c1cccc(C)c1)c1nc2c(s1)CCCC2O. The van der Waals surface area contributed by atoms with Crippen LogP contribution in [0.5, 0.6) is 0 Å². The minimum Gasteiger partial charge on any atom is -0.387 e. The van der Waals surface area contributed by atoms with Gasteiger partial charge in [-0.1, -0.05) is 12.1 Å².